The minimum absolute atomic E-state index is 0.0102. The first-order valence-electron chi connectivity index (χ1n) is 10.1. The van der Waals surface area contributed by atoms with E-state index in [-0.39, 0.29) is 17.4 Å². The quantitative estimate of drug-likeness (QED) is 0.465. The number of halogens is 2. The molecule has 0 spiro atoms. The van der Waals surface area contributed by atoms with Gasteiger partial charge in [-0.2, -0.15) is 15.0 Å². The van der Waals surface area contributed by atoms with Crippen LogP contribution in [-0.4, -0.2) is 67.9 Å². The maximum atomic E-state index is 14.0. The molecule has 0 atom stereocenters. The van der Waals surface area contributed by atoms with Gasteiger partial charge >= 0.3 is 0 Å². The Hall–Kier alpha value is -4.00. The van der Waals surface area contributed by atoms with Crippen LogP contribution >= 0.6 is 0 Å². The van der Waals surface area contributed by atoms with Crippen LogP contribution in [0.1, 0.15) is 12.2 Å². The predicted octanol–water partition coefficient (Wildman–Crippen LogP) is 2.53. The summed E-state index contributed by atoms with van der Waals surface area (Å²) < 4.78 is 40.0. The highest BCUT2D eigenvalue weighted by atomic mass is 19.3. The second-order valence-corrected chi connectivity index (χ2v) is 7.01. The van der Waals surface area contributed by atoms with Crippen molar-refractivity contribution in [2.24, 2.45) is 0 Å². The van der Waals surface area contributed by atoms with Crippen molar-refractivity contribution >= 4 is 28.7 Å². The van der Waals surface area contributed by atoms with Crippen molar-refractivity contribution < 1.29 is 18.3 Å². The number of nitrogens with zero attached hydrogens (tertiary/aromatic N) is 8. The molecule has 4 aromatic rings. The maximum Gasteiger partial charge on any atom is 0.296 e. The number of rotatable bonds is 6. The van der Waals surface area contributed by atoms with Crippen LogP contribution in [0.2, 0.25) is 0 Å². The smallest absolute Gasteiger partial charge is 0.296 e. The Morgan fingerprint density at radius 2 is 1.88 bits per heavy atom. The van der Waals surface area contributed by atoms with E-state index in [2.05, 4.69) is 35.2 Å². The topological polar surface area (TPSA) is 116 Å². The number of methoxy groups -OCH3 is 1. The number of aromatic nitrogens is 7. The Labute approximate surface area is 186 Å². The number of imidazole rings is 1. The number of para-hydroxylation sites is 1. The first-order valence-corrected chi connectivity index (χ1v) is 10.1. The van der Waals surface area contributed by atoms with E-state index in [0.717, 1.165) is 0 Å². The molecule has 0 unspecified atom stereocenters. The third kappa shape index (κ3) is 4.09. The molecule has 11 nitrogen and oxygen atoms in total. The lowest BCUT2D eigenvalue weighted by Crippen LogP contribution is -2.37. The van der Waals surface area contributed by atoms with Crippen LogP contribution in [0.15, 0.2) is 36.8 Å². The van der Waals surface area contributed by atoms with Crippen LogP contribution in [0.4, 0.5) is 26.5 Å². The molecule has 1 N–H and O–H groups in total. The summed E-state index contributed by atoms with van der Waals surface area (Å²) in [5.41, 5.74) is 0.668. The second kappa shape index (κ2) is 8.86. The minimum atomic E-state index is -2.87. The van der Waals surface area contributed by atoms with E-state index in [1.54, 1.807) is 18.2 Å². The molecular weight excluding hydrogens is 436 g/mol. The van der Waals surface area contributed by atoms with Crippen molar-refractivity contribution in [3.63, 3.8) is 0 Å². The van der Waals surface area contributed by atoms with E-state index < -0.39 is 12.2 Å². The molecule has 33 heavy (non-hydrogen) atoms. The van der Waals surface area contributed by atoms with Gasteiger partial charge in [0.15, 0.2) is 11.6 Å². The number of morpholine rings is 1. The minimum Gasteiger partial charge on any atom is -0.494 e. The lowest BCUT2D eigenvalue weighted by molar-refractivity contribution is 0.122. The van der Waals surface area contributed by atoms with Gasteiger partial charge in [-0.15, -0.1) is 0 Å². The third-order valence-corrected chi connectivity index (χ3v) is 5.00. The molecule has 13 heteroatoms. The monoisotopic (exact) mass is 455 g/mol. The number of anilines is 3. The van der Waals surface area contributed by atoms with Crippen LogP contribution in [0, 0.1) is 0 Å². The second-order valence-electron chi connectivity index (χ2n) is 7.01. The molecule has 1 aliphatic rings. The summed E-state index contributed by atoms with van der Waals surface area (Å²) in [6, 6.07) is 5.00. The average molecular weight is 455 g/mol. The molecule has 5 rings (SSSR count). The van der Waals surface area contributed by atoms with Crippen molar-refractivity contribution in [3.8, 4) is 11.7 Å². The fourth-order valence-electron chi connectivity index (χ4n) is 3.51. The highest BCUT2D eigenvalue weighted by Gasteiger charge is 2.25. The maximum absolute atomic E-state index is 14.0. The standard InChI is InChI=1S/C20H19F2N9O2/c1-32-13-4-2-3-12-15(13)26-17(16(21)22)31(12)20-28-18(25-14-11-23-5-6-24-14)27-19(29-20)30-7-9-33-10-8-30/h2-6,11,16H,7-10H2,1H3,(H,24,25,27,28,29). The first kappa shape index (κ1) is 20.9. The van der Waals surface area contributed by atoms with Gasteiger partial charge in [0.05, 0.1) is 32.0 Å². The summed E-state index contributed by atoms with van der Waals surface area (Å²) in [5.74, 6) is 0.706. The van der Waals surface area contributed by atoms with E-state index >= 15 is 0 Å². The highest BCUT2D eigenvalue weighted by Crippen LogP contribution is 2.32. The van der Waals surface area contributed by atoms with Crippen LogP contribution in [0.25, 0.3) is 17.0 Å². The molecule has 1 aromatic carbocycles. The third-order valence-electron chi connectivity index (χ3n) is 5.00. The summed E-state index contributed by atoms with van der Waals surface area (Å²) in [4.78, 5) is 27.6. The summed E-state index contributed by atoms with van der Waals surface area (Å²) in [6.07, 6.45) is 1.67. The fourth-order valence-corrected chi connectivity index (χ4v) is 3.51. The van der Waals surface area contributed by atoms with E-state index in [1.165, 1.54) is 30.3 Å². The van der Waals surface area contributed by atoms with Crippen molar-refractivity contribution in [1.29, 1.82) is 0 Å². The molecule has 0 amide bonds. The van der Waals surface area contributed by atoms with Gasteiger partial charge in [-0.25, -0.2) is 18.7 Å². The first-order chi connectivity index (χ1) is 16.1. The number of fused-ring (bicyclic) bond motifs is 1. The molecule has 0 bridgehead atoms. The molecule has 4 heterocycles. The molecule has 1 aliphatic heterocycles. The predicted molar refractivity (Wildman–Crippen MR) is 114 cm³/mol. The van der Waals surface area contributed by atoms with Crippen molar-refractivity contribution in [1.82, 2.24) is 34.5 Å². The van der Waals surface area contributed by atoms with Gasteiger partial charge in [-0.05, 0) is 12.1 Å². The normalized spacial score (nSPS) is 14.1. The molecule has 0 radical (unpaired) electrons. The lowest BCUT2D eigenvalue weighted by atomic mass is 10.3. The van der Waals surface area contributed by atoms with E-state index in [1.807, 2.05) is 4.90 Å². The molecule has 1 saturated heterocycles. The Morgan fingerprint density at radius 1 is 1.06 bits per heavy atom. The van der Waals surface area contributed by atoms with Gasteiger partial charge in [0.2, 0.25) is 17.8 Å². The Balaban J connectivity index is 1.69. The zero-order valence-corrected chi connectivity index (χ0v) is 17.5. The number of benzene rings is 1. The van der Waals surface area contributed by atoms with Crippen LogP contribution in [-0.2, 0) is 4.74 Å². The Morgan fingerprint density at radius 3 is 2.61 bits per heavy atom. The molecule has 0 aliphatic carbocycles. The van der Waals surface area contributed by atoms with E-state index in [0.29, 0.717) is 49.3 Å². The van der Waals surface area contributed by atoms with E-state index in [4.69, 9.17) is 9.47 Å². The van der Waals surface area contributed by atoms with Crippen LogP contribution in [0.5, 0.6) is 5.75 Å². The number of alkyl halides is 2. The molecule has 0 saturated carbocycles. The number of hydrogen-bond donors (Lipinski definition) is 1. The number of ether oxygens (including phenoxy) is 2. The van der Waals surface area contributed by atoms with Crippen molar-refractivity contribution in [3.05, 3.63) is 42.6 Å². The van der Waals surface area contributed by atoms with Gasteiger partial charge in [-0.1, -0.05) is 6.07 Å². The summed E-state index contributed by atoms with van der Waals surface area (Å²) in [7, 11) is 1.46. The van der Waals surface area contributed by atoms with Gasteiger partial charge in [0, 0.05) is 25.5 Å². The summed E-state index contributed by atoms with van der Waals surface area (Å²) >= 11 is 0. The Bertz CT molecular complexity index is 1260. The molecule has 3 aromatic heterocycles. The van der Waals surface area contributed by atoms with Crippen LogP contribution < -0.4 is 15.0 Å². The molecule has 170 valence electrons. The van der Waals surface area contributed by atoms with Gasteiger partial charge in [-0.3, -0.25) is 9.55 Å². The SMILES string of the molecule is COc1cccc2c1nc(C(F)F)n2-c1nc(Nc2cnccn2)nc(N2CCOCC2)n1. The Kier molecular flexibility index (Phi) is 5.60. The highest BCUT2D eigenvalue weighted by molar-refractivity contribution is 5.84. The lowest BCUT2D eigenvalue weighted by Gasteiger charge is -2.27. The van der Waals surface area contributed by atoms with Gasteiger partial charge < -0.3 is 19.7 Å². The van der Waals surface area contributed by atoms with Crippen LogP contribution in [0.3, 0.4) is 0 Å². The molecule has 1 fully saturated rings. The van der Waals surface area contributed by atoms with Gasteiger partial charge in [0.1, 0.15) is 11.3 Å². The summed E-state index contributed by atoms with van der Waals surface area (Å²) in [5, 5.41) is 2.97. The van der Waals surface area contributed by atoms with Crippen molar-refractivity contribution in [2.45, 2.75) is 6.43 Å². The zero-order chi connectivity index (χ0) is 22.8. The van der Waals surface area contributed by atoms with Gasteiger partial charge in [0.25, 0.3) is 6.43 Å². The summed E-state index contributed by atoms with van der Waals surface area (Å²) in [6.45, 7) is 2.10. The molecular formula is C20H19F2N9O2. The van der Waals surface area contributed by atoms with Crippen molar-refractivity contribution in [2.75, 3.05) is 43.6 Å². The number of nitrogens with one attached hydrogen (secondary N) is 1. The number of hydrogen-bond acceptors (Lipinski definition) is 10. The van der Waals surface area contributed by atoms with E-state index in [9.17, 15) is 8.78 Å². The average Bonchev–Trinajstić information content (AvgIpc) is 3.25. The zero-order valence-electron chi connectivity index (χ0n) is 17.5. The largest absolute Gasteiger partial charge is 0.494 e. The fraction of sp³-hybridized carbons (Fsp3) is 0.300.